The molecule has 1 nitrogen and oxygen atoms in total. The number of hydrogen-bond donors (Lipinski definition) is 1. The van der Waals surface area contributed by atoms with Crippen LogP contribution in [-0.2, 0) is 0 Å². The average Bonchev–Trinajstić information content (AvgIpc) is 2.44. The maximum absolute atomic E-state index is 13.5. The highest BCUT2D eigenvalue weighted by Crippen LogP contribution is 2.31. The van der Waals surface area contributed by atoms with Crippen molar-refractivity contribution >= 4 is 27.5 Å². The predicted octanol–water partition coefficient (Wildman–Crippen LogP) is 5.64. The molecule has 2 rings (SSSR count). The lowest BCUT2D eigenvalue weighted by Crippen LogP contribution is -2.23. The molecule has 0 saturated carbocycles. The van der Waals surface area contributed by atoms with Crippen LogP contribution in [0.3, 0.4) is 0 Å². The SMILES string of the molecule is CCCNC(c1ccc(F)c(C)c1)c1ccc(Br)cc1Cl. The summed E-state index contributed by atoms with van der Waals surface area (Å²) >= 11 is 9.80. The van der Waals surface area contributed by atoms with Crippen LogP contribution in [-0.4, -0.2) is 6.54 Å². The zero-order valence-electron chi connectivity index (χ0n) is 12.1. The van der Waals surface area contributed by atoms with Crippen LogP contribution in [0.4, 0.5) is 4.39 Å². The molecular formula is C17H18BrClFN. The van der Waals surface area contributed by atoms with Crippen LogP contribution in [0.2, 0.25) is 5.02 Å². The fourth-order valence-electron chi connectivity index (χ4n) is 2.28. The standard InChI is InChI=1S/C17H18BrClFN/c1-3-8-21-17(12-4-7-16(20)11(2)9-12)14-6-5-13(18)10-15(14)19/h4-7,9-10,17,21H,3,8H2,1-2H3. The van der Waals surface area contributed by atoms with Gasteiger partial charge < -0.3 is 5.32 Å². The summed E-state index contributed by atoms with van der Waals surface area (Å²) in [5.74, 6) is -0.185. The van der Waals surface area contributed by atoms with Crippen molar-refractivity contribution in [1.29, 1.82) is 0 Å². The van der Waals surface area contributed by atoms with Gasteiger partial charge in [-0.1, -0.05) is 52.7 Å². The van der Waals surface area contributed by atoms with E-state index in [9.17, 15) is 4.39 Å². The smallest absolute Gasteiger partial charge is 0.126 e. The third-order valence-corrected chi connectivity index (χ3v) is 4.21. The molecule has 0 aliphatic carbocycles. The molecular weight excluding hydrogens is 353 g/mol. The van der Waals surface area contributed by atoms with Crippen LogP contribution in [0.5, 0.6) is 0 Å². The topological polar surface area (TPSA) is 12.0 Å². The average molecular weight is 371 g/mol. The molecule has 0 saturated heterocycles. The van der Waals surface area contributed by atoms with Gasteiger partial charge in [-0.2, -0.15) is 0 Å². The molecule has 1 unspecified atom stereocenters. The zero-order valence-corrected chi connectivity index (χ0v) is 14.4. The Kier molecular flexibility index (Phi) is 5.80. The first-order valence-electron chi connectivity index (χ1n) is 6.97. The van der Waals surface area contributed by atoms with Gasteiger partial charge in [-0.25, -0.2) is 4.39 Å². The van der Waals surface area contributed by atoms with Crippen molar-refractivity contribution in [2.75, 3.05) is 6.54 Å². The van der Waals surface area contributed by atoms with Crippen molar-refractivity contribution in [1.82, 2.24) is 5.32 Å². The molecule has 0 aliphatic heterocycles. The van der Waals surface area contributed by atoms with Gasteiger partial charge in [0.1, 0.15) is 5.82 Å². The number of halogens is 3. The van der Waals surface area contributed by atoms with Gasteiger partial charge in [-0.3, -0.25) is 0 Å². The van der Waals surface area contributed by atoms with E-state index in [1.807, 2.05) is 30.3 Å². The quantitative estimate of drug-likeness (QED) is 0.718. The summed E-state index contributed by atoms with van der Waals surface area (Å²) in [6.07, 6.45) is 1.02. The number of aryl methyl sites for hydroxylation is 1. The Balaban J connectivity index is 2.44. The first-order valence-corrected chi connectivity index (χ1v) is 8.14. The van der Waals surface area contributed by atoms with Crippen molar-refractivity contribution in [2.24, 2.45) is 0 Å². The van der Waals surface area contributed by atoms with Gasteiger partial charge in [0, 0.05) is 9.50 Å². The normalized spacial score (nSPS) is 12.4. The Bertz CT molecular complexity index is 630. The molecule has 1 N–H and O–H groups in total. The van der Waals surface area contributed by atoms with Gasteiger partial charge in [-0.15, -0.1) is 0 Å². The molecule has 0 fully saturated rings. The summed E-state index contributed by atoms with van der Waals surface area (Å²) in [7, 11) is 0. The second kappa shape index (κ2) is 7.39. The first kappa shape index (κ1) is 16.5. The van der Waals surface area contributed by atoms with Crippen LogP contribution in [0.15, 0.2) is 40.9 Å². The van der Waals surface area contributed by atoms with E-state index in [0.717, 1.165) is 28.6 Å². The van der Waals surface area contributed by atoms with E-state index in [-0.39, 0.29) is 11.9 Å². The fourth-order valence-corrected chi connectivity index (χ4v) is 3.06. The lowest BCUT2D eigenvalue weighted by molar-refractivity contribution is 0.590. The Morgan fingerprint density at radius 3 is 2.62 bits per heavy atom. The lowest BCUT2D eigenvalue weighted by atomic mass is 9.97. The van der Waals surface area contributed by atoms with E-state index in [4.69, 9.17) is 11.6 Å². The number of nitrogens with one attached hydrogen (secondary N) is 1. The number of rotatable bonds is 5. The lowest BCUT2D eigenvalue weighted by Gasteiger charge is -2.21. The van der Waals surface area contributed by atoms with E-state index in [2.05, 4.69) is 28.2 Å². The Labute approximate surface area is 138 Å². The van der Waals surface area contributed by atoms with Crippen molar-refractivity contribution in [2.45, 2.75) is 26.3 Å². The summed E-state index contributed by atoms with van der Waals surface area (Å²) in [6, 6.07) is 11.0. The van der Waals surface area contributed by atoms with Crippen molar-refractivity contribution in [3.05, 3.63) is 68.4 Å². The van der Waals surface area contributed by atoms with Crippen molar-refractivity contribution in [3.63, 3.8) is 0 Å². The summed E-state index contributed by atoms with van der Waals surface area (Å²) in [4.78, 5) is 0. The molecule has 0 spiro atoms. The highest BCUT2D eigenvalue weighted by Gasteiger charge is 2.17. The molecule has 0 aliphatic rings. The maximum atomic E-state index is 13.5. The van der Waals surface area contributed by atoms with Crippen molar-refractivity contribution in [3.8, 4) is 0 Å². The van der Waals surface area contributed by atoms with Gasteiger partial charge in [0.15, 0.2) is 0 Å². The fraction of sp³-hybridized carbons (Fsp3) is 0.294. The molecule has 4 heteroatoms. The first-order chi connectivity index (χ1) is 10.0. The third kappa shape index (κ3) is 4.06. The largest absolute Gasteiger partial charge is 0.306 e. The zero-order chi connectivity index (χ0) is 15.4. The molecule has 112 valence electrons. The van der Waals surface area contributed by atoms with Gasteiger partial charge >= 0.3 is 0 Å². The maximum Gasteiger partial charge on any atom is 0.126 e. The van der Waals surface area contributed by atoms with Gasteiger partial charge in [0.25, 0.3) is 0 Å². The molecule has 0 radical (unpaired) electrons. The van der Waals surface area contributed by atoms with E-state index in [1.165, 1.54) is 6.07 Å². The van der Waals surface area contributed by atoms with Gasteiger partial charge in [-0.05, 0) is 54.8 Å². The Hall–Kier alpha value is -0.900. The predicted molar refractivity (Wildman–Crippen MR) is 90.4 cm³/mol. The minimum absolute atomic E-state index is 0.0372. The van der Waals surface area contributed by atoms with E-state index in [0.29, 0.717) is 10.6 Å². The number of hydrogen-bond acceptors (Lipinski definition) is 1. The number of benzene rings is 2. The van der Waals surface area contributed by atoms with E-state index in [1.54, 1.807) is 6.92 Å². The molecule has 1 atom stereocenters. The Morgan fingerprint density at radius 1 is 1.24 bits per heavy atom. The van der Waals surface area contributed by atoms with Crippen molar-refractivity contribution < 1.29 is 4.39 Å². The molecule has 0 heterocycles. The van der Waals surface area contributed by atoms with Crippen LogP contribution in [0.25, 0.3) is 0 Å². The molecule has 2 aromatic carbocycles. The summed E-state index contributed by atoms with van der Waals surface area (Å²) < 4.78 is 14.4. The highest BCUT2D eigenvalue weighted by atomic mass is 79.9. The molecule has 0 bridgehead atoms. The van der Waals surface area contributed by atoms with E-state index >= 15 is 0 Å². The van der Waals surface area contributed by atoms with E-state index < -0.39 is 0 Å². The Morgan fingerprint density at radius 2 is 2.00 bits per heavy atom. The van der Waals surface area contributed by atoms with Crippen LogP contribution < -0.4 is 5.32 Å². The summed E-state index contributed by atoms with van der Waals surface area (Å²) in [5.41, 5.74) is 2.66. The minimum Gasteiger partial charge on any atom is -0.306 e. The minimum atomic E-state index is -0.185. The molecule has 2 aromatic rings. The molecule has 21 heavy (non-hydrogen) atoms. The van der Waals surface area contributed by atoms with Gasteiger partial charge in [0.05, 0.1) is 6.04 Å². The van der Waals surface area contributed by atoms with Crippen LogP contribution in [0.1, 0.15) is 36.1 Å². The molecule has 0 amide bonds. The second-order valence-electron chi connectivity index (χ2n) is 5.06. The molecule has 0 aromatic heterocycles. The van der Waals surface area contributed by atoms with Crippen LogP contribution in [0, 0.1) is 12.7 Å². The van der Waals surface area contributed by atoms with Gasteiger partial charge in [0.2, 0.25) is 0 Å². The monoisotopic (exact) mass is 369 g/mol. The second-order valence-corrected chi connectivity index (χ2v) is 6.38. The third-order valence-electron chi connectivity index (χ3n) is 3.39. The summed E-state index contributed by atoms with van der Waals surface area (Å²) in [5, 5.41) is 4.18. The van der Waals surface area contributed by atoms with Crippen LogP contribution >= 0.6 is 27.5 Å². The summed E-state index contributed by atoms with van der Waals surface area (Å²) in [6.45, 7) is 4.76. The highest BCUT2D eigenvalue weighted by molar-refractivity contribution is 9.10.